The molecule has 1 aliphatic heterocycles. The van der Waals surface area contributed by atoms with Gasteiger partial charge in [0.2, 0.25) is 0 Å². The van der Waals surface area contributed by atoms with E-state index in [4.69, 9.17) is 4.74 Å². The molecule has 4 unspecified atom stereocenters. The molecule has 0 saturated heterocycles. The Labute approximate surface area is 114 Å². The van der Waals surface area contributed by atoms with Crippen LogP contribution in [0.2, 0.25) is 0 Å². The third-order valence-corrected chi connectivity index (χ3v) is 5.54. The highest BCUT2D eigenvalue weighted by molar-refractivity contribution is 5.34. The zero-order valence-electron chi connectivity index (χ0n) is 11.3. The monoisotopic (exact) mass is 258 g/mol. The van der Waals surface area contributed by atoms with Crippen molar-refractivity contribution in [1.82, 2.24) is 0 Å². The van der Waals surface area contributed by atoms with E-state index in [2.05, 4.69) is 18.2 Å². The van der Waals surface area contributed by atoms with Crippen LogP contribution < -0.4 is 0 Å². The van der Waals surface area contributed by atoms with Crippen LogP contribution in [0.4, 0.5) is 0 Å². The number of hydrogen-bond acceptors (Lipinski definition) is 2. The van der Waals surface area contributed by atoms with Crippen molar-refractivity contribution in [2.75, 3.05) is 0 Å². The van der Waals surface area contributed by atoms with E-state index < -0.39 is 0 Å². The summed E-state index contributed by atoms with van der Waals surface area (Å²) in [5.41, 5.74) is 3.65. The molecule has 0 aromatic heterocycles. The quantitative estimate of drug-likeness (QED) is 0.898. The summed E-state index contributed by atoms with van der Waals surface area (Å²) in [6, 6.07) is 6.37. The molecule has 1 aromatic rings. The number of aliphatic hydroxyl groups excluding tert-OH is 1. The van der Waals surface area contributed by atoms with Crippen molar-refractivity contribution in [2.24, 2.45) is 17.8 Å². The van der Waals surface area contributed by atoms with Crippen LogP contribution in [-0.4, -0.2) is 5.11 Å². The molecule has 4 rings (SSSR count). The normalized spacial score (nSPS) is 33.6. The van der Waals surface area contributed by atoms with Crippen LogP contribution in [0.25, 0.3) is 0 Å². The molecular formula is C17H22O2. The highest BCUT2D eigenvalue weighted by atomic mass is 16.5. The number of hydrogen-bond donors (Lipinski definition) is 1. The molecule has 102 valence electrons. The second kappa shape index (κ2) is 4.60. The fourth-order valence-electron chi connectivity index (χ4n) is 4.49. The molecule has 0 amide bonds. The van der Waals surface area contributed by atoms with E-state index in [0.29, 0.717) is 6.61 Å². The lowest BCUT2D eigenvalue weighted by atomic mass is 9.83. The second-order valence-corrected chi connectivity index (χ2v) is 6.71. The molecule has 1 heterocycles. The summed E-state index contributed by atoms with van der Waals surface area (Å²) in [4.78, 5) is 0. The van der Waals surface area contributed by atoms with Crippen molar-refractivity contribution >= 4 is 0 Å². The minimum Gasteiger partial charge on any atom is -0.388 e. The van der Waals surface area contributed by atoms with Crippen LogP contribution in [0.5, 0.6) is 0 Å². The van der Waals surface area contributed by atoms with Gasteiger partial charge in [0, 0.05) is 0 Å². The molecule has 1 aromatic carbocycles. The first-order chi connectivity index (χ1) is 9.29. The predicted octanol–water partition coefficient (Wildman–Crippen LogP) is 3.58. The Hall–Kier alpha value is -0.860. The first kappa shape index (κ1) is 11.9. The van der Waals surface area contributed by atoms with Gasteiger partial charge in [0.15, 0.2) is 0 Å². The van der Waals surface area contributed by atoms with E-state index in [1.54, 1.807) is 0 Å². The zero-order valence-corrected chi connectivity index (χ0v) is 11.3. The summed E-state index contributed by atoms with van der Waals surface area (Å²) in [5, 5.41) is 10.5. The Kier molecular flexibility index (Phi) is 2.89. The van der Waals surface area contributed by atoms with Crippen molar-refractivity contribution in [3.05, 3.63) is 34.9 Å². The average Bonchev–Trinajstić information content (AvgIpc) is 3.13. The van der Waals surface area contributed by atoms with Crippen LogP contribution in [0.15, 0.2) is 18.2 Å². The van der Waals surface area contributed by atoms with E-state index in [9.17, 15) is 5.11 Å². The van der Waals surface area contributed by atoms with Gasteiger partial charge in [0.25, 0.3) is 0 Å². The van der Waals surface area contributed by atoms with Crippen LogP contribution in [0.3, 0.4) is 0 Å². The van der Waals surface area contributed by atoms with E-state index in [1.807, 2.05) is 0 Å². The molecular weight excluding hydrogens is 236 g/mol. The number of benzene rings is 1. The van der Waals surface area contributed by atoms with Crippen molar-refractivity contribution in [1.29, 1.82) is 0 Å². The van der Waals surface area contributed by atoms with Gasteiger partial charge < -0.3 is 9.84 Å². The third kappa shape index (κ3) is 2.11. The molecule has 19 heavy (non-hydrogen) atoms. The molecule has 3 aliphatic rings. The van der Waals surface area contributed by atoms with Crippen molar-refractivity contribution in [3.8, 4) is 0 Å². The van der Waals surface area contributed by atoms with E-state index >= 15 is 0 Å². The number of aliphatic hydroxyl groups is 1. The van der Waals surface area contributed by atoms with Crippen molar-refractivity contribution in [2.45, 2.75) is 51.4 Å². The molecule has 2 aliphatic carbocycles. The average molecular weight is 258 g/mol. The van der Waals surface area contributed by atoms with Gasteiger partial charge in [-0.25, -0.2) is 0 Å². The van der Waals surface area contributed by atoms with Crippen LogP contribution >= 0.6 is 0 Å². The third-order valence-electron chi connectivity index (χ3n) is 5.54. The minimum absolute atomic E-state index is 0.282. The first-order valence-corrected chi connectivity index (χ1v) is 7.67. The maximum absolute atomic E-state index is 10.5. The summed E-state index contributed by atoms with van der Waals surface area (Å²) in [7, 11) is 0. The van der Waals surface area contributed by atoms with Crippen LogP contribution in [-0.2, 0) is 18.0 Å². The minimum atomic E-state index is -0.282. The van der Waals surface area contributed by atoms with Crippen molar-refractivity contribution < 1.29 is 9.84 Å². The SMILES string of the molecule is OC(CC1CC2CCC1C2)c1ccc2c(c1)COC2. The van der Waals surface area contributed by atoms with Gasteiger partial charge in [-0.1, -0.05) is 24.6 Å². The zero-order chi connectivity index (χ0) is 12.8. The standard InChI is InChI=1S/C17H22O2/c18-17(8-15-6-11-1-2-12(15)5-11)13-3-4-14-9-19-10-16(14)7-13/h3-4,7,11-12,15,17-18H,1-2,5-6,8-10H2. The fourth-order valence-corrected chi connectivity index (χ4v) is 4.49. The lowest BCUT2D eigenvalue weighted by molar-refractivity contribution is 0.125. The molecule has 2 fully saturated rings. The molecule has 0 radical (unpaired) electrons. The highest BCUT2D eigenvalue weighted by Crippen LogP contribution is 2.51. The van der Waals surface area contributed by atoms with E-state index in [-0.39, 0.29) is 6.10 Å². The summed E-state index contributed by atoms with van der Waals surface area (Å²) in [6.07, 6.45) is 6.30. The lowest BCUT2D eigenvalue weighted by Gasteiger charge is -2.24. The van der Waals surface area contributed by atoms with Crippen molar-refractivity contribution in [3.63, 3.8) is 0 Å². The lowest BCUT2D eigenvalue weighted by Crippen LogP contribution is -2.14. The second-order valence-electron chi connectivity index (χ2n) is 6.71. The number of rotatable bonds is 3. The maximum Gasteiger partial charge on any atom is 0.0792 e. The highest BCUT2D eigenvalue weighted by Gasteiger charge is 2.40. The van der Waals surface area contributed by atoms with Gasteiger partial charge in [0.05, 0.1) is 19.3 Å². The fraction of sp³-hybridized carbons (Fsp3) is 0.647. The predicted molar refractivity (Wildman–Crippen MR) is 73.4 cm³/mol. The molecule has 1 N–H and O–H groups in total. The summed E-state index contributed by atoms with van der Waals surface area (Å²) < 4.78 is 5.44. The molecule has 0 spiro atoms. The molecule has 2 nitrogen and oxygen atoms in total. The Balaban J connectivity index is 1.47. The molecule has 2 saturated carbocycles. The molecule has 2 heteroatoms. The maximum atomic E-state index is 10.5. The smallest absolute Gasteiger partial charge is 0.0792 e. The van der Waals surface area contributed by atoms with E-state index in [1.165, 1.54) is 36.8 Å². The Morgan fingerprint density at radius 3 is 2.84 bits per heavy atom. The number of fused-ring (bicyclic) bond motifs is 3. The molecule has 4 atom stereocenters. The Bertz CT molecular complexity index is 482. The topological polar surface area (TPSA) is 29.5 Å². The summed E-state index contributed by atoms with van der Waals surface area (Å²) >= 11 is 0. The van der Waals surface area contributed by atoms with Gasteiger partial charge in [-0.15, -0.1) is 0 Å². The number of ether oxygens (including phenoxy) is 1. The Morgan fingerprint density at radius 2 is 2.05 bits per heavy atom. The van der Waals surface area contributed by atoms with Gasteiger partial charge in [-0.2, -0.15) is 0 Å². The van der Waals surface area contributed by atoms with Gasteiger partial charge in [-0.05, 0) is 60.1 Å². The van der Waals surface area contributed by atoms with E-state index in [0.717, 1.165) is 36.3 Å². The largest absolute Gasteiger partial charge is 0.388 e. The summed E-state index contributed by atoms with van der Waals surface area (Å²) in [5.74, 6) is 2.63. The first-order valence-electron chi connectivity index (χ1n) is 7.67. The Morgan fingerprint density at radius 1 is 1.16 bits per heavy atom. The van der Waals surface area contributed by atoms with Gasteiger partial charge >= 0.3 is 0 Å². The van der Waals surface area contributed by atoms with Gasteiger partial charge in [0.1, 0.15) is 0 Å². The van der Waals surface area contributed by atoms with Gasteiger partial charge in [-0.3, -0.25) is 0 Å². The van der Waals surface area contributed by atoms with Crippen LogP contribution in [0, 0.1) is 17.8 Å². The van der Waals surface area contributed by atoms with Crippen LogP contribution in [0.1, 0.15) is 54.9 Å². The molecule has 2 bridgehead atoms. The summed E-state index contributed by atoms with van der Waals surface area (Å²) in [6.45, 7) is 1.45.